The van der Waals surface area contributed by atoms with Crippen LogP contribution in [0.5, 0.6) is 0 Å². The first-order valence-corrected chi connectivity index (χ1v) is 2.15. The predicted molar refractivity (Wildman–Crippen MR) is 31.5 cm³/mol. The lowest BCUT2D eigenvalue weighted by atomic mass is 10.4. The largest absolute Gasteiger partial charge is 0.316 e. The fourth-order valence-electron chi connectivity index (χ4n) is 0.589. The molecule has 0 fully saturated rings. The van der Waals surface area contributed by atoms with E-state index in [9.17, 15) is 0 Å². The van der Waals surface area contributed by atoms with Crippen LogP contribution in [0.2, 0.25) is 0 Å². The molecule has 1 rings (SSSR count). The van der Waals surface area contributed by atoms with Crippen molar-refractivity contribution >= 4 is 23.1 Å². The van der Waals surface area contributed by atoms with E-state index in [0.717, 1.165) is 0 Å². The summed E-state index contributed by atoms with van der Waals surface area (Å²) in [5, 5.41) is 0. The standard InChI is InChI=1S/C5H8.Mg.2H/c1-2-4-5-3-1;;;/h1-2H,3-5H2;;;. The minimum atomic E-state index is 0. The molecule has 6 heavy (non-hydrogen) atoms. The van der Waals surface area contributed by atoms with Gasteiger partial charge in [-0.1, -0.05) is 12.2 Å². The lowest BCUT2D eigenvalue weighted by Crippen LogP contribution is -1.50. The van der Waals surface area contributed by atoms with Crippen molar-refractivity contribution in [3.8, 4) is 0 Å². The van der Waals surface area contributed by atoms with Crippen LogP contribution in [0.25, 0.3) is 0 Å². The van der Waals surface area contributed by atoms with Gasteiger partial charge in [0.25, 0.3) is 0 Å². The molecule has 0 saturated heterocycles. The molecule has 0 atom stereocenters. The zero-order valence-electron chi connectivity index (χ0n) is 3.28. The van der Waals surface area contributed by atoms with E-state index < -0.39 is 0 Å². The molecule has 0 unspecified atom stereocenters. The average molecular weight is 94.4 g/mol. The van der Waals surface area contributed by atoms with Gasteiger partial charge in [-0.3, -0.25) is 0 Å². The molecule has 0 amide bonds. The third-order valence-corrected chi connectivity index (χ3v) is 0.908. The van der Waals surface area contributed by atoms with Crippen LogP contribution in [0.15, 0.2) is 12.2 Å². The summed E-state index contributed by atoms with van der Waals surface area (Å²) in [6.45, 7) is 0. The van der Waals surface area contributed by atoms with Gasteiger partial charge in [-0.2, -0.15) is 0 Å². The summed E-state index contributed by atoms with van der Waals surface area (Å²) < 4.78 is 0. The first-order valence-electron chi connectivity index (χ1n) is 2.15. The van der Waals surface area contributed by atoms with E-state index in [1.54, 1.807) is 0 Å². The van der Waals surface area contributed by atoms with Crippen molar-refractivity contribution in [3.63, 3.8) is 0 Å². The van der Waals surface area contributed by atoms with Crippen molar-refractivity contribution in [3.05, 3.63) is 12.2 Å². The van der Waals surface area contributed by atoms with E-state index in [-0.39, 0.29) is 23.1 Å². The van der Waals surface area contributed by atoms with Gasteiger partial charge in [0.2, 0.25) is 0 Å². The number of allylic oxidation sites excluding steroid dienone is 2. The van der Waals surface area contributed by atoms with Crippen molar-refractivity contribution in [1.82, 2.24) is 0 Å². The second-order valence-corrected chi connectivity index (χ2v) is 1.40. The van der Waals surface area contributed by atoms with E-state index in [4.69, 9.17) is 0 Å². The Morgan fingerprint density at radius 2 is 1.50 bits per heavy atom. The summed E-state index contributed by atoms with van der Waals surface area (Å²) in [5.74, 6) is 0. The van der Waals surface area contributed by atoms with Gasteiger partial charge >= 0.3 is 23.1 Å². The Bertz CT molecular complexity index is 41.9. The Labute approximate surface area is 54.8 Å². The lowest BCUT2D eigenvalue weighted by Gasteiger charge is -1.69. The van der Waals surface area contributed by atoms with Crippen LogP contribution < -0.4 is 0 Å². The zero-order valence-corrected chi connectivity index (χ0v) is 3.28. The highest BCUT2D eigenvalue weighted by Crippen LogP contribution is 2.05. The van der Waals surface area contributed by atoms with Crippen LogP contribution in [-0.4, -0.2) is 23.1 Å². The average Bonchev–Trinajstić information content (AvgIpc) is 1.76. The Morgan fingerprint density at radius 3 is 1.67 bits per heavy atom. The lowest BCUT2D eigenvalue weighted by molar-refractivity contribution is 0.929. The molecule has 0 bridgehead atoms. The van der Waals surface area contributed by atoms with Crippen LogP contribution >= 0.6 is 0 Å². The highest BCUT2D eigenvalue weighted by atomic mass is 24.3. The first-order chi connectivity index (χ1) is 2.50. The predicted octanol–water partition coefficient (Wildman–Crippen LogP) is 0.810. The van der Waals surface area contributed by atoms with E-state index in [2.05, 4.69) is 12.2 Å². The van der Waals surface area contributed by atoms with Gasteiger partial charge in [0.05, 0.1) is 0 Å². The molecular weight excluding hydrogens is 84.4 g/mol. The van der Waals surface area contributed by atoms with Gasteiger partial charge in [-0.15, -0.1) is 0 Å². The topological polar surface area (TPSA) is 0 Å². The quantitative estimate of drug-likeness (QED) is 0.308. The van der Waals surface area contributed by atoms with Gasteiger partial charge in [0, 0.05) is 0 Å². The molecule has 0 spiro atoms. The molecule has 0 N–H and O–H groups in total. The maximum absolute atomic E-state index is 2.24. The molecule has 0 aromatic rings. The summed E-state index contributed by atoms with van der Waals surface area (Å²) >= 11 is 0. The van der Waals surface area contributed by atoms with E-state index in [1.807, 2.05) is 0 Å². The number of hydrogen-bond donors (Lipinski definition) is 0. The minimum Gasteiger partial charge on any atom is -0.0885 e. The second kappa shape index (κ2) is 3.69. The molecular formula is C5H10Mg. The molecule has 0 heterocycles. The van der Waals surface area contributed by atoms with Crippen LogP contribution in [0.1, 0.15) is 19.3 Å². The summed E-state index contributed by atoms with van der Waals surface area (Å²) in [4.78, 5) is 0. The smallest absolute Gasteiger partial charge is 0.0885 e. The van der Waals surface area contributed by atoms with Crippen LogP contribution in [0.4, 0.5) is 0 Å². The molecule has 0 saturated carbocycles. The fourth-order valence-corrected chi connectivity index (χ4v) is 0.589. The number of rotatable bonds is 0. The van der Waals surface area contributed by atoms with Crippen LogP contribution in [0, 0.1) is 0 Å². The van der Waals surface area contributed by atoms with Gasteiger partial charge in [-0.25, -0.2) is 0 Å². The highest BCUT2D eigenvalue weighted by molar-refractivity contribution is 5.75. The fraction of sp³-hybridized carbons (Fsp3) is 0.600. The molecule has 0 aromatic carbocycles. The zero-order chi connectivity index (χ0) is 3.54. The highest BCUT2D eigenvalue weighted by Gasteiger charge is 1.84. The molecule has 1 aliphatic rings. The summed E-state index contributed by atoms with van der Waals surface area (Å²) in [5.41, 5.74) is 0. The van der Waals surface area contributed by atoms with Crippen molar-refractivity contribution in [1.29, 1.82) is 0 Å². The van der Waals surface area contributed by atoms with Crippen molar-refractivity contribution in [2.45, 2.75) is 19.3 Å². The molecule has 0 nitrogen and oxygen atoms in total. The van der Waals surface area contributed by atoms with E-state index in [1.165, 1.54) is 19.3 Å². The van der Waals surface area contributed by atoms with Crippen LogP contribution in [-0.2, 0) is 0 Å². The van der Waals surface area contributed by atoms with Crippen molar-refractivity contribution < 1.29 is 0 Å². The second-order valence-electron chi connectivity index (χ2n) is 1.40. The normalized spacial score (nSPS) is 17.3. The maximum Gasteiger partial charge on any atom is 0.316 e. The molecule has 0 radical (unpaired) electrons. The Kier molecular flexibility index (Phi) is 4.00. The third-order valence-electron chi connectivity index (χ3n) is 0.908. The Hall–Kier alpha value is 0.506. The van der Waals surface area contributed by atoms with Gasteiger partial charge in [0.15, 0.2) is 0 Å². The first kappa shape index (κ1) is 6.51. The molecule has 1 aliphatic carbocycles. The Morgan fingerprint density at radius 1 is 1.00 bits per heavy atom. The maximum atomic E-state index is 2.24. The molecule has 0 aliphatic heterocycles. The van der Waals surface area contributed by atoms with Crippen LogP contribution in [0.3, 0.4) is 0 Å². The van der Waals surface area contributed by atoms with Gasteiger partial charge in [-0.05, 0) is 19.3 Å². The number of hydrogen-bond acceptors (Lipinski definition) is 0. The third kappa shape index (κ3) is 1.83. The minimum absolute atomic E-state index is 0. The Balaban J connectivity index is 0.000000250. The molecule has 0 aromatic heterocycles. The molecule has 1 heteroatoms. The SMILES string of the molecule is C1=CCCC1.[MgH2]. The summed E-state index contributed by atoms with van der Waals surface area (Å²) in [7, 11) is 0. The molecule has 32 valence electrons. The van der Waals surface area contributed by atoms with Gasteiger partial charge in [0.1, 0.15) is 0 Å². The van der Waals surface area contributed by atoms with E-state index in [0.29, 0.717) is 0 Å². The summed E-state index contributed by atoms with van der Waals surface area (Å²) in [6.07, 6.45) is 8.50. The summed E-state index contributed by atoms with van der Waals surface area (Å²) in [6, 6.07) is 0. The van der Waals surface area contributed by atoms with Crippen molar-refractivity contribution in [2.24, 2.45) is 0 Å². The van der Waals surface area contributed by atoms with Gasteiger partial charge < -0.3 is 0 Å². The monoisotopic (exact) mass is 94.1 g/mol. The van der Waals surface area contributed by atoms with Crippen molar-refractivity contribution in [2.75, 3.05) is 0 Å². The van der Waals surface area contributed by atoms with E-state index >= 15 is 0 Å².